The summed E-state index contributed by atoms with van der Waals surface area (Å²) in [5.41, 5.74) is 4.10. The Kier molecular flexibility index (Phi) is 4.60. The highest BCUT2D eigenvalue weighted by molar-refractivity contribution is 5.82. The number of aliphatic hydroxyl groups is 1. The summed E-state index contributed by atoms with van der Waals surface area (Å²) >= 11 is 0. The summed E-state index contributed by atoms with van der Waals surface area (Å²) in [5, 5.41) is 10.3. The van der Waals surface area contributed by atoms with Gasteiger partial charge in [0.05, 0.1) is 6.61 Å². The van der Waals surface area contributed by atoms with Crippen LogP contribution in [-0.2, 0) is 19.4 Å². The first-order valence-electron chi connectivity index (χ1n) is 8.13. The average Bonchev–Trinajstić information content (AvgIpc) is 2.93. The third-order valence-corrected chi connectivity index (χ3v) is 4.39. The third-order valence-electron chi connectivity index (χ3n) is 4.39. The van der Waals surface area contributed by atoms with Gasteiger partial charge in [-0.3, -0.25) is 4.90 Å². The van der Waals surface area contributed by atoms with Crippen molar-refractivity contribution in [2.24, 2.45) is 0 Å². The minimum atomic E-state index is -0.291. The van der Waals surface area contributed by atoms with Crippen LogP contribution in [0.2, 0.25) is 0 Å². The molecule has 1 N–H and O–H groups in total. The molecule has 0 spiro atoms. The van der Waals surface area contributed by atoms with Crippen LogP contribution >= 0.6 is 0 Å². The maximum absolute atomic E-state index is 11.9. The van der Waals surface area contributed by atoms with Crippen molar-refractivity contribution in [1.82, 2.24) is 4.90 Å². The second-order valence-corrected chi connectivity index (χ2v) is 6.06. The van der Waals surface area contributed by atoms with Gasteiger partial charge in [0, 0.05) is 24.5 Å². The maximum atomic E-state index is 11.9. The van der Waals surface area contributed by atoms with Crippen molar-refractivity contribution in [2.45, 2.75) is 39.2 Å². The first-order valence-corrected chi connectivity index (χ1v) is 8.13. The Morgan fingerprint density at radius 1 is 1.18 bits per heavy atom. The molecule has 0 saturated heterocycles. The molecule has 0 bridgehead atoms. The number of hydrogen-bond acceptors (Lipinski definition) is 4. The van der Waals surface area contributed by atoms with Crippen molar-refractivity contribution >= 4 is 11.0 Å². The highest BCUT2D eigenvalue weighted by atomic mass is 16.4. The number of nitrogens with zero attached hydrogens (tertiary/aromatic N) is 1. The van der Waals surface area contributed by atoms with E-state index >= 15 is 0 Å². The number of aliphatic hydroxyl groups excluding tert-OH is 1. The highest BCUT2D eigenvalue weighted by Gasteiger charge is 2.16. The molecule has 0 unspecified atom stereocenters. The van der Waals surface area contributed by atoms with Crippen LogP contribution in [0.3, 0.4) is 0 Å². The molecule has 0 atom stereocenters. The van der Waals surface area contributed by atoms with Gasteiger partial charge in [-0.1, -0.05) is 6.92 Å². The van der Waals surface area contributed by atoms with Crippen LogP contribution in [0, 0.1) is 0 Å². The maximum Gasteiger partial charge on any atom is 0.336 e. The monoisotopic (exact) mass is 301 g/mol. The Hall–Kier alpha value is -1.65. The van der Waals surface area contributed by atoms with Crippen molar-refractivity contribution < 1.29 is 9.52 Å². The molecule has 1 heterocycles. The molecule has 0 saturated carbocycles. The molecule has 4 heteroatoms. The molecule has 0 amide bonds. The van der Waals surface area contributed by atoms with E-state index in [4.69, 9.17) is 4.42 Å². The van der Waals surface area contributed by atoms with Crippen molar-refractivity contribution in [3.63, 3.8) is 0 Å². The van der Waals surface area contributed by atoms with E-state index in [1.165, 1.54) is 17.5 Å². The van der Waals surface area contributed by atoms with Gasteiger partial charge in [-0.05, 0) is 61.1 Å². The lowest BCUT2D eigenvalue weighted by atomic mass is 10.0. The molecule has 2 aromatic rings. The Balaban J connectivity index is 2.02. The van der Waals surface area contributed by atoms with Crippen molar-refractivity contribution in [1.29, 1.82) is 0 Å². The third kappa shape index (κ3) is 3.08. The van der Waals surface area contributed by atoms with Crippen molar-refractivity contribution in [2.75, 3.05) is 19.7 Å². The van der Waals surface area contributed by atoms with Crippen LogP contribution < -0.4 is 5.63 Å². The minimum absolute atomic E-state index is 0.134. The van der Waals surface area contributed by atoms with E-state index < -0.39 is 0 Å². The van der Waals surface area contributed by atoms with Crippen LogP contribution in [0.25, 0.3) is 11.0 Å². The van der Waals surface area contributed by atoms with Gasteiger partial charge in [0.2, 0.25) is 0 Å². The van der Waals surface area contributed by atoms with Gasteiger partial charge in [-0.15, -0.1) is 0 Å². The van der Waals surface area contributed by atoms with Gasteiger partial charge < -0.3 is 9.52 Å². The molecule has 3 rings (SSSR count). The van der Waals surface area contributed by atoms with E-state index in [2.05, 4.69) is 17.9 Å². The van der Waals surface area contributed by atoms with E-state index in [1.54, 1.807) is 6.07 Å². The molecule has 4 nitrogen and oxygen atoms in total. The second kappa shape index (κ2) is 6.63. The van der Waals surface area contributed by atoms with Gasteiger partial charge >= 0.3 is 5.63 Å². The Labute approximate surface area is 130 Å². The summed E-state index contributed by atoms with van der Waals surface area (Å²) in [6.45, 7) is 4.46. The largest absolute Gasteiger partial charge is 0.423 e. The lowest BCUT2D eigenvalue weighted by molar-refractivity contribution is 0.190. The predicted molar refractivity (Wildman–Crippen MR) is 87.2 cm³/mol. The van der Waals surface area contributed by atoms with E-state index in [0.717, 1.165) is 36.8 Å². The minimum Gasteiger partial charge on any atom is -0.423 e. The zero-order valence-corrected chi connectivity index (χ0v) is 13.1. The summed E-state index contributed by atoms with van der Waals surface area (Å²) < 4.78 is 5.41. The van der Waals surface area contributed by atoms with Crippen molar-refractivity contribution in [3.8, 4) is 0 Å². The molecular formula is C18H23NO3. The van der Waals surface area contributed by atoms with E-state index in [-0.39, 0.29) is 12.2 Å². The number of benzene rings is 1. The first-order chi connectivity index (χ1) is 10.7. The summed E-state index contributed by atoms with van der Waals surface area (Å²) in [4.78, 5) is 14.0. The number of fused-ring (bicyclic) bond motifs is 2. The molecular weight excluding hydrogens is 278 g/mol. The summed E-state index contributed by atoms with van der Waals surface area (Å²) in [5.74, 6) is 0. The molecule has 1 aromatic heterocycles. The van der Waals surface area contributed by atoms with E-state index in [0.29, 0.717) is 18.7 Å². The average molecular weight is 301 g/mol. The number of rotatable bonds is 6. The van der Waals surface area contributed by atoms with Crippen LogP contribution in [0.4, 0.5) is 0 Å². The van der Waals surface area contributed by atoms with Gasteiger partial charge in [-0.25, -0.2) is 4.79 Å². The lowest BCUT2D eigenvalue weighted by Gasteiger charge is -2.21. The van der Waals surface area contributed by atoms with Crippen molar-refractivity contribution in [3.05, 3.63) is 45.3 Å². The summed E-state index contributed by atoms with van der Waals surface area (Å²) in [7, 11) is 0. The fourth-order valence-corrected chi connectivity index (χ4v) is 3.39. The van der Waals surface area contributed by atoms with Crippen LogP contribution in [0.1, 0.15) is 36.5 Å². The zero-order chi connectivity index (χ0) is 15.5. The fourth-order valence-electron chi connectivity index (χ4n) is 3.39. The number of aryl methyl sites for hydroxylation is 2. The SMILES string of the molecule is CCCN(CCO)Cc1cc(=O)oc2cc3c(cc12)CCC3. The zero-order valence-electron chi connectivity index (χ0n) is 13.1. The van der Waals surface area contributed by atoms with E-state index in [1.807, 2.05) is 6.07 Å². The lowest BCUT2D eigenvalue weighted by Crippen LogP contribution is -2.27. The quantitative estimate of drug-likeness (QED) is 0.833. The molecule has 0 aliphatic heterocycles. The first kappa shape index (κ1) is 15.3. The molecule has 22 heavy (non-hydrogen) atoms. The Morgan fingerprint density at radius 2 is 1.95 bits per heavy atom. The van der Waals surface area contributed by atoms with Crippen LogP contribution in [0.5, 0.6) is 0 Å². The predicted octanol–water partition coefficient (Wildman–Crippen LogP) is 2.49. The summed E-state index contributed by atoms with van der Waals surface area (Å²) in [6, 6.07) is 5.83. The molecule has 1 aliphatic rings. The topological polar surface area (TPSA) is 53.7 Å². The molecule has 118 valence electrons. The van der Waals surface area contributed by atoms with Gasteiger partial charge in [0.1, 0.15) is 5.58 Å². The standard InChI is InChI=1S/C18H23NO3/c1-2-6-19(7-8-20)12-15-11-18(21)22-17-10-14-5-3-4-13(14)9-16(15)17/h9-11,20H,2-8,12H2,1H3. The van der Waals surface area contributed by atoms with Gasteiger partial charge in [0.25, 0.3) is 0 Å². The smallest absolute Gasteiger partial charge is 0.336 e. The van der Waals surface area contributed by atoms with E-state index in [9.17, 15) is 9.90 Å². The van der Waals surface area contributed by atoms with Crippen LogP contribution in [-0.4, -0.2) is 29.7 Å². The fraction of sp³-hybridized carbons (Fsp3) is 0.500. The van der Waals surface area contributed by atoms with Crippen LogP contribution in [0.15, 0.2) is 27.4 Å². The van der Waals surface area contributed by atoms with Gasteiger partial charge in [-0.2, -0.15) is 0 Å². The normalized spacial score (nSPS) is 14.0. The Morgan fingerprint density at radius 3 is 2.68 bits per heavy atom. The molecule has 0 fully saturated rings. The Bertz CT molecular complexity index is 714. The second-order valence-electron chi connectivity index (χ2n) is 6.06. The molecule has 0 radical (unpaired) electrons. The number of hydrogen-bond donors (Lipinski definition) is 1. The highest BCUT2D eigenvalue weighted by Crippen LogP contribution is 2.28. The summed E-state index contributed by atoms with van der Waals surface area (Å²) in [6.07, 6.45) is 4.39. The van der Waals surface area contributed by atoms with Gasteiger partial charge in [0.15, 0.2) is 0 Å². The molecule has 1 aliphatic carbocycles. The molecule has 1 aromatic carbocycles.